The molecule has 0 bridgehead atoms. The Hall–Kier alpha value is -1.72. The number of carboxylic acid groups (broad SMARTS) is 1. The van der Waals surface area contributed by atoms with E-state index in [1.807, 2.05) is 0 Å². The van der Waals surface area contributed by atoms with Gasteiger partial charge in [-0.1, -0.05) is 0 Å². The van der Waals surface area contributed by atoms with Crippen LogP contribution in [0.25, 0.3) is 0 Å². The molecule has 0 aliphatic carbocycles. The Labute approximate surface area is 77.2 Å². The molecule has 76 valence electrons. The van der Waals surface area contributed by atoms with E-state index in [1.165, 1.54) is 6.92 Å². The predicted molar refractivity (Wildman–Crippen MR) is 43.7 cm³/mol. The van der Waals surface area contributed by atoms with E-state index in [0.717, 1.165) is 6.07 Å². The molecule has 14 heavy (non-hydrogen) atoms. The van der Waals surface area contributed by atoms with Crippen molar-refractivity contribution in [1.82, 2.24) is 4.98 Å². The molecule has 2 N–H and O–H groups in total. The predicted octanol–water partition coefficient (Wildman–Crippen LogP) is 1.32. The summed E-state index contributed by atoms with van der Waals surface area (Å²) in [4.78, 5) is 23.7. The third kappa shape index (κ3) is 1.78. The summed E-state index contributed by atoms with van der Waals surface area (Å²) in [7, 11) is 0. The summed E-state index contributed by atoms with van der Waals surface area (Å²) in [5, 5.41) is 8.53. The lowest BCUT2D eigenvalue weighted by Gasteiger charge is -2.04. The van der Waals surface area contributed by atoms with Crippen molar-refractivity contribution < 1.29 is 18.7 Å². The van der Waals surface area contributed by atoms with Crippen molar-refractivity contribution in [3.63, 3.8) is 0 Å². The SMILES string of the molecule is Cc1cc(C(F)F)c(C(=O)O)c(=O)[nH]1. The molecule has 1 heterocycles. The second kappa shape index (κ2) is 3.57. The number of carboxylic acids is 1. The van der Waals surface area contributed by atoms with Crippen LogP contribution >= 0.6 is 0 Å². The monoisotopic (exact) mass is 203 g/mol. The summed E-state index contributed by atoms with van der Waals surface area (Å²) < 4.78 is 24.7. The quantitative estimate of drug-likeness (QED) is 0.761. The van der Waals surface area contributed by atoms with Crippen LogP contribution in [0.2, 0.25) is 0 Å². The number of aromatic carboxylic acids is 1. The van der Waals surface area contributed by atoms with Crippen molar-refractivity contribution in [3.8, 4) is 0 Å². The van der Waals surface area contributed by atoms with Gasteiger partial charge in [-0.2, -0.15) is 0 Å². The van der Waals surface area contributed by atoms with Crippen molar-refractivity contribution in [1.29, 1.82) is 0 Å². The van der Waals surface area contributed by atoms with E-state index in [0.29, 0.717) is 0 Å². The molecule has 0 atom stereocenters. The maximum Gasteiger partial charge on any atom is 0.341 e. The standard InChI is InChI=1S/C8H7F2NO3/c1-3-2-4(6(9)10)5(8(13)14)7(12)11-3/h2,6H,1H3,(H,11,12)(H,13,14). The highest BCUT2D eigenvalue weighted by molar-refractivity contribution is 5.89. The number of H-pyrrole nitrogens is 1. The first-order chi connectivity index (χ1) is 6.43. The number of nitrogens with one attached hydrogen (secondary N) is 1. The maximum absolute atomic E-state index is 12.3. The van der Waals surface area contributed by atoms with Crippen LogP contribution in [0.5, 0.6) is 0 Å². The number of hydrogen-bond acceptors (Lipinski definition) is 2. The summed E-state index contributed by atoms with van der Waals surface area (Å²) in [5.41, 5.74) is -2.45. The average Bonchev–Trinajstić information content (AvgIpc) is 2.01. The molecule has 6 heteroatoms. The van der Waals surface area contributed by atoms with Gasteiger partial charge < -0.3 is 10.1 Å². The Balaban J connectivity index is 3.53. The molecule has 0 aliphatic heterocycles. The molecule has 0 radical (unpaired) electrons. The number of halogens is 2. The van der Waals surface area contributed by atoms with Gasteiger partial charge in [-0.25, -0.2) is 13.6 Å². The van der Waals surface area contributed by atoms with Crippen LogP contribution in [-0.2, 0) is 0 Å². The zero-order valence-electron chi connectivity index (χ0n) is 7.17. The van der Waals surface area contributed by atoms with Gasteiger partial charge in [-0.3, -0.25) is 4.79 Å². The Kier molecular flexibility index (Phi) is 2.64. The highest BCUT2D eigenvalue weighted by Gasteiger charge is 2.21. The third-order valence-corrected chi connectivity index (χ3v) is 1.65. The normalized spacial score (nSPS) is 10.6. The summed E-state index contributed by atoms with van der Waals surface area (Å²) in [6.07, 6.45) is -2.97. The van der Waals surface area contributed by atoms with E-state index in [2.05, 4.69) is 4.98 Å². The number of pyridine rings is 1. The fraction of sp³-hybridized carbons (Fsp3) is 0.250. The first kappa shape index (κ1) is 10.4. The largest absolute Gasteiger partial charge is 0.477 e. The second-order valence-corrected chi connectivity index (χ2v) is 2.72. The third-order valence-electron chi connectivity index (χ3n) is 1.65. The van der Waals surface area contributed by atoms with Crippen molar-refractivity contribution in [2.24, 2.45) is 0 Å². The Morgan fingerprint density at radius 2 is 2.14 bits per heavy atom. The van der Waals surface area contributed by atoms with Gasteiger partial charge in [0.2, 0.25) is 0 Å². The van der Waals surface area contributed by atoms with Gasteiger partial charge in [0.05, 0.1) is 0 Å². The fourth-order valence-electron chi connectivity index (χ4n) is 1.11. The molecule has 1 aromatic heterocycles. The topological polar surface area (TPSA) is 70.2 Å². The molecule has 1 aromatic rings. The molecule has 0 aliphatic rings. The van der Waals surface area contributed by atoms with Crippen LogP contribution in [0.15, 0.2) is 10.9 Å². The summed E-state index contributed by atoms with van der Waals surface area (Å²) in [5.74, 6) is -1.65. The van der Waals surface area contributed by atoms with E-state index in [-0.39, 0.29) is 5.69 Å². The van der Waals surface area contributed by atoms with Gasteiger partial charge in [0.15, 0.2) is 0 Å². The molecule has 1 rings (SSSR count). The van der Waals surface area contributed by atoms with Gasteiger partial charge in [0.1, 0.15) is 5.56 Å². The minimum absolute atomic E-state index is 0.204. The van der Waals surface area contributed by atoms with Gasteiger partial charge in [-0.15, -0.1) is 0 Å². The highest BCUT2D eigenvalue weighted by Crippen LogP contribution is 2.20. The van der Waals surface area contributed by atoms with Crippen molar-refractivity contribution in [2.45, 2.75) is 13.3 Å². The lowest BCUT2D eigenvalue weighted by Crippen LogP contribution is -2.21. The zero-order valence-corrected chi connectivity index (χ0v) is 7.17. The minimum atomic E-state index is -2.97. The average molecular weight is 203 g/mol. The first-order valence-electron chi connectivity index (χ1n) is 3.68. The Morgan fingerprint density at radius 1 is 1.57 bits per heavy atom. The molecule has 0 aromatic carbocycles. The smallest absolute Gasteiger partial charge is 0.341 e. The van der Waals surface area contributed by atoms with E-state index in [1.54, 1.807) is 0 Å². The van der Waals surface area contributed by atoms with E-state index >= 15 is 0 Å². The number of aromatic amines is 1. The number of alkyl halides is 2. The lowest BCUT2D eigenvalue weighted by molar-refractivity contribution is 0.0682. The van der Waals surface area contributed by atoms with Crippen LogP contribution in [0, 0.1) is 6.92 Å². The molecular weight excluding hydrogens is 196 g/mol. The van der Waals surface area contributed by atoms with Gasteiger partial charge in [0, 0.05) is 11.3 Å². The molecule has 0 spiro atoms. The number of carbonyl (C=O) groups is 1. The van der Waals surface area contributed by atoms with Crippen LogP contribution in [0.3, 0.4) is 0 Å². The zero-order chi connectivity index (χ0) is 10.9. The summed E-state index contributed by atoms with van der Waals surface area (Å²) in [6, 6.07) is 0.954. The Bertz CT molecular complexity index is 425. The van der Waals surface area contributed by atoms with E-state index < -0.39 is 29.1 Å². The molecule has 0 unspecified atom stereocenters. The molecule has 0 saturated heterocycles. The number of aromatic nitrogens is 1. The van der Waals surface area contributed by atoms with Crippen molar-refractivity contribution in [2.75, 3.05) is 0 Å². The molecule has 4 nitrogen and oxygen atoms in total. The minimum Gasteiger partial charge on any atom is -0.477 e. The molecular formula is C8H7F2NO3. The number of aryl methyl sites for hydroxylation is 1. The first-order valence-corrected chi connectivity index (χ1v) is 3.68. The molecule has 0 saturated carbocycles. The fourth-order valence-corrected chi connectivity index (χ4v) is 1.11. The van der Waals surface area contributed by atoms with Crippen LogP contribution in [-0.4, -0.2) is 16.1 Å². The van der Waals surface area contributed by atoms with Gasteiger partial charge in [0.25, 0.3) is 12.0 Å². The van der Waals surface area contributed by atoms with E-state index in [9.17, 15) is 18.4 Å². The number of hydrogen-bond donors (Lipinski definition) is 2. The van der Waals surface area contributed by atoms with Crippen molar-refractivity contribution in [3.05, 3.63) is 33.2 Å². The van der Waals surface area contributed by atoms with Crippen molar-refractivity contribution >= 4 is 5.97 Å². The highest BCUT2D eigenvalue weighted by atomic mass is 19.3. The Morgan fingerprint density at radius 3 is 2.57 bits per heavy atom. The summed E-state index contributed by atoms with van der Waals surface area (Å²) in [6.45, 7) is 1.40. The number of rotatable bonds is 2. The summed E-state index contributed by atoms with van der Waals surface area (Å²) >= 11 is 0. The second-order valence-electron chi connectivity index (χ2n) is 2.72. The molecule has 0 amide bonds. The molecule has 0 fully saturated rings. The lowest BCUT2D eigenvalue weighted by atomic mass is 10.1. The maximum atomic E-state index is 12.3. The van der Waals surface area contributed by atoms with Crippen LogP contribution in [0.4, 0.5) is 8.78 Å². The van der Waals surface area contributed by atoms with Crippen LogP contribution in [0.1, 0.15) is 28.0 Å². The van der Waals surface area contributed by atoms with Gasteiger partial charge >= 0.3 is 5.97 Å². The van der Waals surface area contributed by atoms with Crippen LogP contribution < -0.4 is 5.56 Å². The van der Waals surface area contributed by atoms with E-state index in [4.69, 9.17) is 5.11 Å². The van der Waals surface area contributed by atoms with Gasteiger partial charge in [-0.05, 0) is 13.0 Å².